The maximum atomic E-state index is 11.7. The van der Waals surface area contributed by atoms with Crippen molar-refractivity contribution in [2.24, 2.45) is 0 Å². The van der Waals surface area contributed by atoms with Gasteiger partial charge in [-0.3, -0.25) is 0 Å². The van der Waals surface area contributed by atoms with Crippen LogP contribution in [0.4, 0.5) is 0 Å². The van der Waals surface area contributed by atoms with Gasteiger partial charge >= 0.3 is 5.63 Å². The monoisotopic (exact) mass is 274 g/mol. The number of halogens is 1. The van der Waals surface area contributed by atoms with Gasteiger partial charge in [0.1, 0.15) is 5.02 Å². The van der Waals surface area contributed by atoms with Crippen molar-refractivity contribution in [3.8, 4) is 5.69 Å². The quantitative estimate of drug-likeness (QED) is 0.684. The molecule has 1 aromatic carbocycles. The van der Waals surface area contributed by atoms with Crippen LogP contribution < -0.4 is 5.63 Å². The third-order valence-corrected chi connectivity index (χ3v) is 3.53. The molecule has 96 valence electrons. The Kier molecular flexibility index (Phi) is 2.68. The van der Waals surface area contributed by atoms with Crippen LogP contribution in [0.15, 0.2) is 39.5 Å². The van der Waals surface area contributed by atoms with E-state index in [1.54, 1.807) is 11.6 Å². The van der Waals surface area contributed by atoms with Gasteiger partial charge in [-0.05, 0) is 31.5 Å². The van der Waals surface area contributed by atoms with E-state index in [-0.39, 0.29) is 5.02 Å². The molecule has 0 spiro atoms. The first kappa shape index (κ1) is 12.0. The highest BCUT2D eigenvalue weighted by Gasteiger charge is 2.17. The number of fused-ring (bicyclic) bond motifs is 1. The van der Waals surface area contributed by atoms with E-state index < -0.39 is 5.63 Å². The Morgan fingerprint density at radius 3 is 2.58 bits per heavy atom. The van der Waals surface area contributed by atoms with E-state index in [0.717, 1.165) is 16.8 Å². The SMILES string of the molecule is Cc1nn(-c2ccccc2)c2oc(=O)c(Cl)c(C)c12. The summed E-state index contributed by atoms with van der Waals surface area (Å²) in [7, 11) is 0. The Hall–Kier alpha value is -2.07. The second-order valence-electron chi connectivity index (χ2n) is 4.34. The van der Waals surface area contributed by atoms with Crippen LogP contribution in [0.3, 0.4) is 0 Å². The molecule has 0 fully saturated rings. The maximum Gasteiger partial charge on any atom is 0.356 e. The number of aromatic nitrogens is 2. The molecule has 3 aromatic rings. The van der Waals surface area contributed by atoms with Crippen molar-refractivity contribution in [3.05, 3.63) is 57.0 Å². The van der Waals surface area contributed by atoms with E-state index in [1.807, 2.05) is 37.3 Å². The summed E-state index contributed by atoms with van der Waals surface area (Å²) in [6, 6.07) is 9.52. The molecule has 19 heavy (non-hydrogen) atoms. The summed E-state index contributed by atoms with van der Waals surface area (Å²) >= 11 is 5.94. The molecular weight excluding hydrogens is 264 g/mol. The zero-order valence-electron chi connectivity index (χ0n) is 10.5. The molecule has 4 nitrogen and oxygen atoms in total. The van der Waals surface area contributed by atoms with Crippen molar-refractivity contribution in [2.45, 2.75) is 13.8 Å². The van der Waals surface area contributed by atoms with E-state index >= 15 is 0 Å². The van der Waals surface area contributed by atoms with Crippen LogP contribution in [0.1, 0.15) is 11.3 Å². The van der Waals surface area contributed by atoms with Crippen molar-refractivity contribution in [1.29, 1.82) is 0 Å². The molecular formula is C14H11ClN2O2. The lowest BCUT2D eigenvalue weighted by molar-refractivity contribution is 0.535. The zero-order valence-corrected chi connectivity index (χ0v) is 11.2. The van der Waals surface area contributed by atoms with Crippen molar-refractivity contribution in [1.82, 2.24) is 9.78 Å². The van der Waals surface area contributed by atoms with Crippen molar-refractivity contribution >= 4 is 22.7 Å². The van der Waals surface area contributed by atoms with Crippen LogP contribution in [0.5, 0.6) is 0 Å². The molecule has 0 saturated heterocycles. The van der Waals surface area contributed by atoms with Gasteiger partial charge in [-0.25, -0.2) is 4.79 Å². The molecule has 0 aliphatic rings. The summed E-state index contributed by atoms with van der Waals surface area (Å²) in [5, 5.41) is 5.33. The van der Waals surface area contributed by atoms with Crippen molar-refractivity contribution in [3.63, 3.8) is 0 Å². The van der Waals surface area contributed by atoms with Gasteiger partial charge < -0.3 is 4.42 Å². The lowest BCUT2D eigenvalue weighted by Gasteiger charge is -2.02. The Bertz CT molecular complexity index is 819. The van der Waals surface area contributed by atoms with Gasteiger partial charge in [-0.2, -0.15) is 9.78 Å². The fraction of sp³-hybridized carbons (Fsp3) is 0.143. The lowest BCUT2D eigenvalue weighted by atomic mass is 10.2. The first-order valence-electron chi connectivity index (χ1n) is 5.83. The highest BCUT2D eigenvalue weighted by Crippen LogP contribution is 2.26. The largest absolute Gasteiger partial charge is 0.402 e. The smallest absolute Gasteiger partial charge is 0.356 e. The number of hydrogen-bond acceptors (Lipinski definition) is 3. The van der Waals surface area contributed by atoms with E-state index in [4.69, 9.17) is 16.0 Å². The van der Waals surface area contributed by atoms with Gasteiger partial charge in [-0.15, -0.1) is 0 Å². The summed E-state index contributed by atoms with van der Waals surface area (Å²) in [5.41, 5.74) is 2.21. The molecule has 0 aliphatic heterocycles. The summed E-state index contributed by atoms with van der Waals surface area (Å²) in [4.78, 5) is 11.7. The maximum absolute atomic E-state index is 11.7. The molecule has 0 amide bonds. The molecule has 3 rings (SSSR count). The third kappa shape index (κ3) is 1.76. The van der Waals surface area contributed by atoms with E-state index in [0.29, 0.717) is 11.3 Å². The molecule has 0 radical (unpaired) electrons. The molecule has 0 N–H and O–H groups in total. The number of para-hydroxylation sites is 1. The fourth-order valence-corrected chi connectivity index (χ4v) is 2.30. The number of hydrogen-bond donors (Lipinski definition) is 0. The van der Waals surface area contributed by atoms with Gasteiger partial charge in [0.25, 0.3) is 0 Å². The second kappa shape index (κ2) is 4.24. The summed E-state index contributed by atoms with van der Waals surface area (Å²) in [5.74, 6) is 0. The first-order valence-corrected chi connectivity index (χ1v) is 6.21. The van der Waals surface area contributed by atoms with Gasteiger partial charge in [0.15, 0.2) is 0 Å². The van der Waals surface area contributed by atoms with E-state index in [1.165, 1.54) is 0 Å². The van der Waals surface area contributed by atoms with Gasteiger partial charge in [0.05, 0.1) is 16.8 Å². The van der Waals surface area contributed by atoms with Crippen molar-refractivity contribution in [2.75, 3.05) is 0 Å². The van der Waals surface area contributed by atoms with Crippen LogP contribution in [0.25, 0.3) is 16.8 Å². The summed E-state index contributed by atoms with van der Waals surface area (Å²) in [6.45, 7) is 3.66. The Morgan fingerprint density at radius 1 is 1.21 bits per heavy atom. The van der Waals surface area contributed by atoms with Crippen LogP contribution in [0.2, 0.25) is 5.02 Å². The minimum Gasteiger partial charge on any atom is -0.402 e. The van der Waals surface area contributed by atoms with Gasteiger partial charge in [0, 0.05) is 0 Å². The van der Waals surface area contributed by atoms with Crippen LogP contribution in [-0.4, -0.2) is 9.78 Å². The summed E-state index contributed by atoms with van der Waals surface area (Å²) in [6.07, 6.45) is 0. The fourth-order valence-electron chi connectivity index (χ4n) is 2.17. The van der Waals surface area contributed by atoms with Crippen molar-refractivity contribution < 1.29 is 4.42 Å². The van der Waals surface area contributed by atoms with Crippen LogP contribution in [-0.2, 0) is 0 Å². The van der Waals surface area contributed by atoms with Gasteiger partial charge in [-0.1, -0.05) is 29.8 Å². The number of nitrogens with zero attached hydrogens (tertiary/aromatic N) is 2. The number of aryl methyl sites for hydroxylation is 2. The third-order valence-electron chi connectivity index (χ3n) is 3.09. The molecule has 5 heteroatoms. The number of rotatable bonds is 1. The average Bonchev–Trinajstić information content (AvgIpc) is 2.74. The predicted octanol–water partition coefficient (Wildman–Crippen LogP) is 3.25. The first-order chi connectivity index (χ1) is 9.09. The Balaban J connectivity index is 2.44. The standard InChI is InChI=1S/C14H11ClN2O2/c1-8-11-9(2)16-17(10-6-4-3-5-7-10)13(11)19-14(18)12(8)15/h3-7H,1-2H3. The Labute approximate surface area is 114 Å². The van der Waals surface area contributed by atoms with Crippen LogP contribution in [0, 0.1) is 13.8 Å². The summed E-state index contributed by atoms with van der Waals surface area (Å²) < 4.78 is 6.91. The molecule has 0 bridgehead atoms. The minimum atomic E-state index is -0.538. The average molecular weight is 275 g/mol. The molecule has 2 aromatic heterocycles. The molecule has 0 atom stereocenters. The molecule has 0 aliphatic carbocycles. The normalized spacial score (nSPS) is 11.1. The van der Waals surface area contributed by atoms with E-state index in [9.17, 15) is 4.79 Å². The zero-order chi connectivity index (χ0) is 13.6. The number of benzene rings is 1. The van der Waals surface area contributed by atoms with Gasteiger partial charge in [0.2, 0.25) is 5.71 Å². The lowest BCUT2D eigenvalue weighted by Crippen LogP contribution is -2.04. The highest BCUT2D eigenvalue weighted by molar-refractivity contribution is 6.31. The minimum absolute atomic E-state index is 0.114. The predicted molar refractivity (Wildman–Crippen MR) is 74.1 cm³/mol. The highest BCUT2D eigenvalue weighted by atomic mass is 35.5. The van der Waals surface area contributed by atoms with E-state index in [2.05, 4.69) is 5.10 Å². The molecule has 2 heterocycles. The molecule has 0 unspecified atom stereocenters. The van der Waals surface area contributed by atoms with Crippen LogP contribution >= 0.6 is 11.6 Å². The second-order valence-corrected chi connectivity index (χ2v) is 4.72. The topological polar surface area (TPSA) is 48.0 Å². The Morgan fingerprint density at radius 2 is 1.89 bits per heavy atom. The molecule has 0 saturated carbocycles.